The lowest BCUT2D eigenvalue weighted by atomic mass is 9.95. The van der Waals surface area contributed by atoms with E-state index in [1.165, 1.54) is 22.3 Å². The summed E-state index contributed by atoms with van der Waals surface area (Å²) in [6.45, 7) is 5.19. The van der Waals surface area contributed by atoms with Crippen molar-refractivity contribution in [2.24, 2.45) is 0 Å². The van der Waals surface area contributed by atoms with Gasteiger partial charge in [-0.1, -0.05) is 17.4 Å². The highest BCUT2D eigenvalue weighted by atomic mass is 32.1. The van der Waals surface area contributed by atoms with E-state index in [4.69, 9.17) is 18.9 Å². The predicted molar refractivity (Wildman–Crippen MR) is 152 cm³/mol. The van der Waals surface area contributed by atoms with Gasteiger partial charge in [-0.05, 0) is 67.9 Å². The van der Waals surface area contributed by atoms with Crippen LogP contribution in [0.15, 0.2) is 60.2 Å². The Bertz CT molecular complexity index is 1710. The molecule has 2 aliphatic rings. The molecule has 2 aliphatic heterocycles. The number of phenols is 1. The van der Waals surface area contributed by atoms with E-state index in [0.29, 0.717) is 48.1 Å². The topological polar surface area (TPSA) is 128 Å². The number of thiazole rings is 1. The number of ether oxygens (including phenoxy) is 4. The summed E-state index contributed by atoms with van der Waals surface area (Å²) in [5.74, 6) is -0.405. The minimum atomic E-state index is -1.06. The van der Waals surface area contributed by atoms with Crippen molar-refractivity contribution in [3.8, 4) is 28.7 Å². The van der Waals surface area contributed by atoms with Crippen molar-refractivity contribution in [3.05, 3.63) is 71.3 Å². The Hall–Kier alpha value is -4.77. The first-order valence-electron chi connectivity index (χ1n) is 13.1. The van der Waals surface area contributed by atoms with Gasteiger partial charge >= 0.3 is 5.91 Å². The van der Waals surface area contributed by atoms with Gasteiger partial charge in [-0.3, -0.25) is 14.5 Å². The maximum atomic E-state index is 13.6. The van der Waals surface area contributed by atoms with E-state index in [1.807, 2.05) is 13.0 Å². The number of carbonyl (C=O) groups excluding carboxylic acids is 2. The molecule has 4 aromatic rings. The molecule has 1 amide bonds. The van der Waals surface area contributed by atoms with Crippen molar-refractivity contribution in [1.82, 2.24) is 4.98 Å². The van der Waals surface area contributed by atoms with Crippen molar-refractivity contribution in [2.45, 2.75) is 19.9 Å². The summed E-state index contributed by atoms with van der Waals surface area (Å²) in [6.07, 6.45) is 0. The number of aliphatic hydroxyl groups is 1. The van der Waals surface area contributed by atoms with Crippen molar-refractivity contribution in [1.29, 1.82) is 0 Å². The fourth-order valence-electron chi connectivity index (χ4n) is 4.92. The Morgan fingerprint density at radius 2 is 1.78 bits per heavy atom. The molecule has 0 spiro atoms. The minimum Gasteiger partial charge on any atom is -0.507 e. The third-order valence-corrected chi connectivity index (χ3v) is 7.74. The van der Waals surface area contributed by atoms with Gasteiger partial charge in [-0.2, -0.15) is 0 Å². The lowest BCUT2D eigenvalue weighted by Crippen LogP contribution is -2.29. The highest BCUT2D eigenvalue weighted by Gasteiger charge is 2.48. The molecule has 0 radical (unpaired) electrons. The van der Waals surface area contributed by atoms with E-state index >= 15 is 0 Å². The summed E-state index contributed by atoms with van der Waals surface area (Å²) in [5, 5.41) is 22.2. The first kappa shape index (κ1) is 26.5. The number of Topliss-reactive ketones (excluding diaryl/α,β-unsaturated/α-hetero) is 1. The van der Waals surface area contributed by atoms with Crippen LogP contribution in [0.25, 0.3) is 16.0 Å². The van der Waals surface area contributed by atoms with Crippen LogP contribution in [-0.2, 0) is 9.59 Å². The van der Waals surface area contributed by atoms with E-state index in [-0.39, 0.29) is 40.1 Å². The van der Waals surface area contributed by atoms with Gasteiger partial charge in [-0.25, -0.2) is 4.98 Å². The Morgan fingerprint density at radius 1 is 1.00 bits per heavy atom. The molecule has 6 rings (SSSR count). The Morgan fingerprint density at radius 3 is 2.56 bits per heavy atom. The second-order valence-corrected chi connectivity index (χ2v) is 10.3. The SMILES string of the molecule is CCOc1ccc2nc(N3C(=O)C(=O)C(=C(O)c4ccc5c(c4)OCCO5)[C@@H]3c3ccc(O)c(OCC)c3)sc2c1. The normalized spacial score (nSPS) is 17.7. The summed E-state index contributed by atoms with van der Waals surface area (Å²) >= 11 is 1.22. The van der Waals surface area contributed by atoms with Gasteiger partial charge in [0.15, 0.2) is 28.1 Å². The number of ketones is 1. The molecule has 11 heteroatoms. The highest BCUT2D eigenvalue weighted by Crippen LogP contribution is 2.46. The maximum Gasteiger partial charge on any atom is 0.301 e. The average molecular weight is 575 g/mol. The molecule has 1 aromatic heterocycles. The predicted octanol–water partition coefficient (Wildman–Crippen LogP) is 5.20. The molecule has 3 aromatic carbocycles. The van der Waals surface area contributed by atoms with Gasteiger partial charge in [0.1, 0.15) is 24.7 Å². The third-order valence-electron chi connectivity index (χ3n) is 6.73. The van der Waals surface area contributed by atoms with Gasteiger partial charge in [-0.15, -0.1) is 0 Å². The first-order chi connectivity index (χ1) is 19.9. The number of hydrogen-bond donors (Lipinski definition) is 2. The smallest absolute Gasteiger partial charge is 0.301 e. The standard InChI is InChI=1S/C30H26N2O8S/c1-3-37-18-7-8-19-24(15-18)41-30(31-19)32-26(16-5-9-20(33)22(13-16)38-4-2)25(28(35)29(32)36)27(34)17-6-10-21-23(14-17)40-12-11-39-21/h5-10,13-15,26,33-34H,3-4,11-12H2,1-2H3/t26-/m0/s1. The van der Waals surface area contributed by atoms with Crippen LogP contribution in [0.2, 0.25) is 0 Å². The third kappa shape index (κ3) is 4.67. The van der Waals surface area contributed by atoms with E-state index in [0.717, 1.165) is 4.70 Å². The molecular formula is C30H26N2O8S. The molecule has 3 heterocycles. The number of benzene rings is 3. The molecule has 210 valence electrons. The van der Waals surface area contributed by atoms with Crippen LogP contribution >= 0.6 is 11.3 Å². The molecule has 1 atom stereocenters. The number of aromatic hydroxyl groups is 1. The van der Waals surface area contributed by atoms with Crippen LogP contribution in [0, 0.1) is 0 Å². The zero-order valence-corrected chi connectivity index (χ0v) is 23.1. The number of hydrogen-bond acceptors (Lipinski definition) is 10. The second-order valence-electron chi connectivity index (χ2n) is 9.25. The monoisotopic (exact) mass is 574 g/mol. The molecule has 1 saturated heterocycles. The van der Waals surface area contributed by atoms with Gasteiger partial charge in [0, 0.05) is 5.56 Å². The summed E-state index contributed by atoms with van der Waals surface area (Å²) in [5.41, 5.74) is 1.22. The Kier molecular flexibility index (Phi) is 6.88. The molecule has 1 fully saturated rings. The molecule has 41 heavy (non-hydrogen) atoms. The molecule has 0 aliphatic carbocycles. The number of nitrogens with zero attached hydrogens (tertiary/aromatic N) is 2. The Balaban J connectivity index is 1.53. The number of carbonyl (C=O) groups is 2. The average Bonchev–Trinajstić information content (AvgIpc) is 3.51. The maximum absolute atomic E-state index is 13.6. The molecule has 0 bridgehead atoms. The van der Waals surface area contributed by atoms with E-state index < -0.39 is 17.7 Å². The summed E-state index contributed by atoms with van der Waals surface area (Å²) in [4.78, 5) is 33.2. The van der Waals surface area contributed by atoms with Crippen molar-refractivity contribution in [3.63, 3.8) is 0 Å². The number of aromatic nitrogens is 1. The quantitative estimate of drug-likeness (QED) is 0.174. The van der Waals surface area contributed by atoms with E-state index in [2.05, 4.69) is 4.98 Å². The minimum absolute atomic E-state index is 0.0946. The number of anilines is 1. The van der Waals surface area contributed by atoms with Gasteiger partial charge in [0.05, 0.1) is 35.0 Å². The fraction of sp³-hybridized carbons (Fsp3) is 0.233. The van der Waals surface area contributed by atoms with Crippen molar-refractivity contribution in [2.75, 3.05) is 31.3 Å². The van der Waals surface area contributed by atoms with Gasteiger partial charge in [0.2, 0.25) is 0 Å². The van der Waals surface area contributed by atoms with Gasteiger partial charge in [0.25, 0.3) is 5.78 Å². The number of fused-ring (bicyclic) bond motifs is 2. The largest absolute Gasteiger partial charge is 0.507 e. The van der Waals surface area contributed by atoms with E-state index in [9.17, 15) is 19.8 Å². The molecule has 0 unspecified atom stereocenters. The summed E-state index contributed by atoms with van der Waals surface area (Å²) < 4.78 is 23.2. The van der Waals surface area contributed by atoms with Gasteiger partial charge < -0.3 is 29.2 Å². The molecule has 2 N–H and O–H groups in total. The van der Waals surface area contributed by atoms with Crippen LogP contribution in [-0.4, -0.2) is 53.3 Å². The lowest BCUT2D eigenvalue weighted by molar-refractivity contribution is -0.132. The Labute approximate surface area is 239 Å². The molecular weight excluding hydrogens is 548 g/mol. The zero-order chi connectivity index (χ0) is 28.7. The van der Waals surface area contributed by atoms with Crippen LogP contribution < -0.4 is 23.8 Å². The van der Waals surface area contributed by atoms with E-state index in [1.54, 1.807) is 49.4 Å². The van der Waals surface area contributed by atoms with Crippen LogP contribution in [0.3, 0.4) is 0 Å². The van der Waals surface area contributed by atoms with Crippen LogP contribution in [0.1, 0.15) is 31.0 Å². The van der Waals surface area contributed by atoms with Crippen molar-refractivity contribution < 1.29 is 38.7 Å². The number of phenolic OH excluding ortho intramolecular Hbond substituents is 1. The van der Waals surface area contributed by atoms with Crippen LogP contribution in [0.4, 0.5) is 5.13 Å². The lowest BCUT2D eigenvalue weighted by Gasteiger charge is -2.24. The number of rotatable bonds is 7. The number of aliphatic hydroxyl groups excluding tert-OH is 1. The zero-order valence-electron chi connectivity index (χ0n) is 22.2. The summed E-state index contributed by atoms with van der Waals surface area (Å²) in [6, 6.07) is 13.7. The highest BCUT2D eigenvalue weighted by molar-refractivity contribution is 7.22. The second kappa shape index (κ2) is 10.7. The fourth-order valence-corrected chi connectivity index (χ4v) is 5.94. The number of amides is 1. The van der Waals surface area contributed by atoms with Crippen LogP contribution in [0.5, 0.6) is 28.7 Å². The molecule has 0 saturated carbocycles. The first-order valence-corrected chi connectivity index (χ1v) is 13.9. The van der Waals surface area contributed by atoms with Crippen molar-refractivity contribution >= 4 is 44.1 Å². The molecule has 10 nitrogen and oxygen atoms in total. The summed E-state index contributed by atoms with van der Waals surface area (Å²) in [7, 11) is 0.